The summed E-state index contributed by atoms with van der Waals surface area (Å²) in [6.07, 6.45) is 8.50. The molecule has 1 saturated carbocycles. The van der Waals surface area contributed by atoms with Crippen LogP contribution in [0.3, 0.4) is 0 Å². The number of nitrogens with one attached hydrogen (secondary N) is 1. The molecule has 0 bridgehead atoms. The number of thiophene rings is 1. The van der Waals surface area contributed by atoms with Crippen molar-refractivity contribution in [2.75, 3.05) is 12.3 Å². The summed E-state index contributed by atoms with van der Waals surface area (Å²) in [6, 6.07) is 1.85. The maximum atomic E-state index is 12.1. The van der Waals surface area contributed by atoms with Gasteiger partial charge < -0.3 is 11.1 Å². The maximum Gasteiger partial charge on any atom is 0.263 e. The number of carbonyl (C=O) groups excluding carboxylic acids is 1. The summed E-state index contributed by atoms with van der Waals surface area (Å²) >= 11 is 1.41. The number of nitrogens with zero attached hydrogens (tertiary/aromatic N) is 1. The Morgan fingerprint density at radius 3 is 3.05 bits per heavy atom. The van der Waals surface area contributed by atoms with Gasteiger partial charge in [-0.1, -0.05) is 19.3 Å². The molecular formula is C14H17N3OS. The topological polar surface area (TPSA) is 68.0 Å². The minimum Gasteiger partial charge on any atom is -0.397 e. The highest BCUT2D eigenvalue weighted by Gasteiger charge is 2.19. The Hall–Kier alpha value is -1.62. The number of aromatic nitrogens is 1. The third-order valence-electron chi connectivity index (χ3n) is 3.80. The molecule has 0 radical (unpaired) electrons. The highest BCUT2D eigenvalue weighted by Crippen LogP contribution is 2.33. The van der Waals surface area contributed by atoms with E-state index in [9.17, 15) is 4.79 Å². The fraction of sp³-hybridized carbons (Fsp3) is 0.429. The van der Waals surface area contributed by atoms with Crippen molar-refractivity contribution < 1.29 is 4.79 Å². The fourth-order valence-electron chi connectivity index (χ4n) is 2.39. The van der Waals surface area contributed by atoms with Crippen LogP contribution >= 0.6 is 11.3 Å². The summed E-state index contributed by atoms with van der Waals surface area (Å²) in [4.78, 5) is 16.8. The van der Waals surface area contributed by atoms with Crippen LogP contribution in [0, 0.1) is 5.92 Å². The first-order valence-electron chi connectivity index (χ1n) is 6.66. The second-order valence-electron chi connectivity index (χ2n) is 5.06. The molecule has 2 heterocycles. The van der Waals surface area contributed by atoms with Crippen molar-refractivity contribution in [3.63, 3.8) is 0 Å². The number of amides is 1. The van der Waals surface area contributed by atoms with E-state index < -0.39 is 0 Å². The molecule has 2 aromatic rings. The first kappa shape index (κ1) is 12.4. The zero-order valence-electron chi connectivity index (χ0n) is 10.7. The standard InChI is InChI=1S/C14H17N3OS/c15-12-10-5-6-16-8-11(10)19-13(12)14(18)17-7-4-9-2-1-3-9/h5-6,8-9H,1-4,7,15H2,(H,17,18). The van der Waals surface area contributed by atoms with Crippen LogP contribution in [0.25, 0.3) is 10.1 Å². The molecule has 100 valence electrons. The number of hydrogen-bond donors (Lipinski definition) is 2. The molecule has 2 aromatic heterocycles. The van der Waals surface area contributed by atoms with Crippen molar-refractivity contribution in [2.24, 2.45) is 5.92 Å². The summed E-state index contributed by atoms with van der Waals surface area (Å²) in [5, 5.41) is 3.89. The lowest BCUT2D eigenvalue weighted by Gasteiger charge is -2.25. The van der Waals surface area contributed by atoms with Crippen LogP contribution in [-0.2, 0) is 0 Å². The molecule has 1 amide bonds. The van der Waals surface area contributed by atoms with Gasteiger partial charge >= 0.3 is 0 Å². The van der Waals surface area contributed by atoms with Crippen molar-refractivity contribution in [1.29, 1.82) is 0 Å². The van der Waals surface area contributed by atoms with Gasteiger partial charge in [0.2, 0.25) is 0 Å². The molecule has 0 saturated heterocycles. The van der Waals surface area contributed by atoms with Crippen LogP contribution in [0.5, 0.6) is 0 Å². The van der Waals surface area contributed by atoms with Crippen molar-refractivity contribution in [2.45, 2.75) is 25.7 Å². The molecule has 19 heavy (non-hydrogen) atoms. The zero-order valence-corrected chi connectivity index (χ0v) is 11.5. The van der Waals surface area contributed by atoms with Crippen LogP contribution in [0.4, 0.5) is 5.69 Å². The largest absolute Gasteiger partial charge is 0.397 e. The number of anilines is 1. The molecule has 0 aromatic carbocycles. The second kappa shape index (κ2) is 5.17. The quantitative estimate of drug-likeness (QED) is 0.901. The first-order valence-corrected chi connectivity index (χ1v) is 7.47. The number of carbonyl (C=O) groups is 1. The minimum absolute atomic E-state index is 0.0574. The van der Waals surface area contributed by atoms with E-state index in [4.69, 9.17) is 5.73 Å². The summed E-state index contributed by atoms with van der Waals surface area (Å²) in [7, 11) is 0. The third kappa shape index (κ3) is 2.42. The average Bonchev–Trinajstić information content (AvgIpc) is 2.70. The maximum absolute atomic E-state index is 12.1. The first-order chi connectivity index (χ1) is 9.25. The Morgan fingerprint density at radius 2 is 2.37 bits per heavy atom. The lowest BCUT2D eigenvalue weighted by molar-refractivity contribution is 0.0954. The molecule has 1 aliphatic carbocycles. The summed E-state index contributed by atoms with van der Waals surface area (Å²) in [6.45, 7) is 0.745. The molecule has 1 aliphatic rings. The molecule has 3 N–H and O–H groups in total. The highest BCUT2D eigenvalue weighted by molar-refractivity contribution is 7.21. The van der Waals surface area contributed by atoms with E-state index in [1.165, 1.54) is 30.6 Å². The summed E-state index contributed by atoms with van der Waals surface area (Å²) in [5.41, 5.74) is 6.60. The monoisotopic (exact) mass is 275 g/mol. The molecule has 5 heteroatoms. The van der Waals surface area contributed by atoms with E-state index in [0.717, 1.165) is 29.0 Å². The van der Waals surface area contributed by atoms with Crippen LogP contribution < -0.4 is 11.1 Å². The SMILES string of the molecule is Nc1c(C(=O)NCCC2CCC2)sc2cnccc12. The van der Waals surface area contributed by atoms with E-state index in [0.29, 0.717) is 10.6 Å². The van der Waals surface area contributed by atoms with Gasteiger partial charge in [-0.3, -0.25) is 9.78 Å². The van der Waals surface area contributed by atoms with E-state index >= 15 is 0 Å². The van der Waals surface area contributed by atoms with Crippen molar-refractivity contribution >= 4 is 33.0 Å². The van der Waals surface area contributed by atoms with Crippen molar-refractivity contribution in [1.82, 2.24) is 10.3 Å². The van der Waals surface area contributed by atoms with Gasteiger partial charge in [0.25, 0.3) is 5.91 Å². The van der Waals surface area contributed by atoms with Crippen molar-refractivity contribution in [3.05, 3.63) is 23.3 Å². The van der Waals surface area contributed by atoms with E-state index in [2.05, 4.69) is 10.3 Å². The van der Waals surface area contributed by atoms with E-state index in [1.807, 2.05) is 6.07 Å². The Labute approximate surface area is 116 Å². The van der Waals surface area contributed by atoms with Crippen LogP contribution in [-0.4, -0.2) is 17.4 Å². The smallest absolute Gasteiger partial charge is 0.263 e. The second-order valence-corrected chi connectivity index (χ2v) is 6.11. The molecule has 1 fully saturated rings. The Morgan fingerprint density at radius 1 is 1.53 bits per heavy atom. The average molecular weight is 275 g/mol. The predicted molar refractivity (Wildman–Crippen MR) is 78.3 cm³/mol. The lowest BCUT2D eigenvalue weighted by atomic mass is 9.83. The zero-order chi connectivity index (χ0) is 13.2. The highest BCUT2D eigenvalue weighted by atomic mass is 32.1. The van der Waals surface area contributed by atoms with Crippen LogP contribution in [0.2, 0.25) is 0 Å². The van der Waals surface area contributed by atoms with Crippen LogP contribution in [0.15, 0.2) is 18.5 Å². The van der Waals surface area contributed by atoms with Gasteiger partial charge in [0.05, 0.1) is 10.4 Å². The number of pyridine rings is 1. The number of fused-ring (bicyclic) bond motifs is 1. The summed E-state index contributed by atoms with van der Waals surface area (Å²) in [5.74, 6) is 0.752. The van der Waals surface area contributed by atoms with E-state index in [1.54, 1.807) is 12.4 Å². The Bertz CT molecular complexity index is 604. The van der Waals surface area contributed by atoms with Crippen LogP contribution in [0.1, 0.15) is 35.4 Å². The molecular weight excluding hydrogens is 258 g/mol. The third-order valence-corrected chi connectivity index (χ3v) is 4.96. The number of nitrogen functional groups attached to an aromatic ring is 1. The molecule has 0 spiro atoms. The predicted octanol–water partition coefficient (Wildman–Crippen LogP) is 2.80. The van der Waals surface area contributed by atoms with E-state index in [-0.39, 0.29) is 5.91 Å². The normalized spacial score (nSPS) is 15.4. The van der Waals surface area contributed by atoms with Crippen molar-refractivity contribution in [3.8, 4) is 0 Å². The Kier molecular flexibility index (Phi) is 3.38. The molecule has 0 atom stereocenters. The minimum atomic E-state index is -0.0574. The molecule has 4 nitrogen and oxygen atoms in total. The van der Waals surface area contributed by atoms with Gasteiger partial charge in [-0.2, -0.15) is 0 Å². The molecule has 3 rings (SSSR count). The van der Waals surface area contributed by atoms with Gasteiger partial charge in [-0.25, -0.2) is 0 Å². The van der Waals surface area contributed by atoms with Gasteiger partial charge in [-0.15, -0.1) is 11.3 Å². The lowest BCUT2D eigenvalue weighted by Crippen LogP contribution is -2.27. The summed E-state index contributed by atoms with van der Waals surface area (Å²) < 4.78 is 0.962. The molecule has 0 unspecified atom stereocenters. The number of hydrogen-bond acceptors (Lipinski definition) is 4. The van der Waals surface area contributed by atoms with Gasteiger partial charge in [-0.05, 0) is 18.4 Å². The molecule has 0 aliphatic heterocycles. The number of rotatable bonds is 4. The fourth-order valence-corrected chi connectivity index (χ4v) is 3.40. The van der Waals surface area contributed by atoms with Gasteiger partial charge in [0, 0.05) is 24.3 Å². The van der Waals surface area contributed by atoms with Gasteiger partial charge in [0.1, 0.15) is 4.88 Å². The van der Waals surface area contributed by atoms with Gasteiger partial charge in [0.15, 0.2) is 0 Å². The Balaban J connectivity index is 1.68. The number of nitrogens with two attached hydrogens (primary N) is 1.